The number of aliphatic hydroxyl groups excluding tert-OH is 1. The van der Waals surface area contributed by atoms with E-state index >= 15 is 0 Å². The normalized spacial score (nSPS) is 20.2. The summed E-state index contributed by atoms with van der Waals surface area (Å²) in [6.07, 6.45) is -0.552. The van der Waals surface area contributed by atoms with Gasteiger partial charge in [0.15, 0.2) is 0 Å². The van der Waals surface area contributed by atoms with Crippen LogP contribution in [-0.4, -0.2) is 41.6 Å². The average molecular weight is 297 g/mol. The molecule has 1 aromatic carbocycles. The average Bonchev–Trinajstić information content (AvgIpc) is 2.37. The van der Waals surface area contributed by atoms with E-state index in [2.05, 4.69) is 0 Å². The van der Waals surface area contributed by atoms with Crippen LogP contribution in [0.15, 0.2) is 18.2 Å². The van der Waals surface area contributed by atoms with Gasteiger partial charge in [-0.15, -0.1) is 0 Å². The molecule has 1 aromatic rings. The largest absolute Gasteiger partial charge is 0.389 e. The van der Waals surface area contributed by atoms with Crippen LogP contribution in [0.2, 0.25) is 5.02 Å². The first kappa shape index (κ1) is 15.1. The van der Waals surface area contributed by atoms with Gasteiger partial charge in [-0.05, 0) is 38.5 Å². The van der Waals surface area contributed by atoms with Crippen LogP contribution in [0.4, 0.5) is 5.69 Å². The molecule has 1 N–H and O–H groups in total. The topological polar surface area (TPSA) is 43.8 Å². The van der Waals surface area contributed by atoms with Crippen LogP contribution in [0.5, 0.6) is 0 Å². The molecule has 110 valence electrons. The molecule has 1 atom stereocenters. The summed E-state index contributed by atoms with van der Waals surface area (Å²) in [7, 11) is 1.82. The minimum absolute atomic E-state index is 0.0828. The third-order valence-corrected chi connectivity index (χ3v) is 4.25. The number of carbonyl (C=O) groups excluding carboxylic acids is 1. The molecule has 20 heavy (non-hydrogen) atoms. The highest BCUT2D eigenvalue weighted by Gasteiger charge is 2.41. The first-order chi connectivity index (χ1) is 9.25. The molecule has 0 saturated carbocycles. The zero-order chi connectivity index (χ0) is 15.1. The van der Waals surface area contributed by atoms with Crippen molar-refractivity contribution in [2.75, 3.05) is 25.0 Å². The molecule has 4 nitrogen and oxygen atoms in total. The van der Waals surface area contributed by atoms with E-state index in [1.165, 1.54) is 0 Å². The van der Waals surface area contributed by atoms with E-state index < -0.39 is 11.6 Å². The van der Waals surface area contributed by atoms with Crippen molar-refractivity contribution in [2.24, 2.45) is 0 Å². The van der Waals surface area contributed by atoms with Gasteiger partial charge in [-0.3, -0.25) is 4.79 Å². The number of likely N-dealkylation sites (N-methyl/N-ethyl adjacent to an activating group) is 1. The second-order valence-corrected chi connectivity index (χ2v) is 6.23. The number of halogens is 1. The molecule has 0 bridgehead atoms. The van der Waals surface area contributed by atoms with Crippen molar-refractivity contribution in [3.05, 3.63) is 28.8 Å². The van der Waals surface area contributed by atoms with Gasteiger partial charge in [0, 0.05) is 20.1 Å². The van der Waals surface area contributed by atoms with Crippen LogP contribution in [-0.2, 0) is 4.79 Å². The Balaban J connectivity index is 2.39. The van der Waals surface area contributed by atoms with E-state index in [9.17, 15) is 9.90 Å². The Morgan fingerprint density at radius 1 is 1.35 bits per heavy atom. The fourth-order valence-corrected chi connectivity index (χ4v) is 2.93. The summed E-state index contributed by atoms with van der Waals surface area (Å²) in [6.45, 7) is 6.93. The van der Waals surface area contributed by atoms with Gasteiger partial charge in [-0.25, -0.2) is 0 Å². The molecule has 1 fully saturated rings. The summed E-state index contributed by atoms with van der Waals surface area (Å²) in [4.78, 5) is 16.1. The fraction of sp³-hybridized carbons (Fsp3) is 0.533. The van der Waals surface area contributed by atoms with Crippen molar-refractivity contribution < 1.29 is 9.90 Å². The molecule has 0 radical (unpaired) electrons. The first-order valence-corrected chi connectivity index (χ1v) is 7.13. The molecule has 2 rings (SSSR count). The SMILES string of the molecule is C[C@@H](O)c1ccc(N2CCN(C)C(=O)C2(C)C)c(Cl)c1. The standard InChI is InChI=1S/C15H21ClN2O2/c1-10(19)11-5-6-13(12(16)9-11)18-8-7-17(4)14(20)15(18,2)3/h5-6,9-10,19H,7-8H2,1-4H3/t10-/m1/s1. The molecule has 0 aromatic heterocycles. The Bertz CT molecular complexity index is 529. The number of rotatable bonds is 2. The Kier molecular flexibility index (Phi) is 3.98. The number of nitrogens with zero attached hydrogens (tertiary/aromatic N) is 2. The van der Waals surface area contributed by atoms with Gasteiger partial charge in [0.25, 0.3) is 0 Å². The Labute approximate surface area is 124 Å². The number of hydrogen-bond acceptors (Lipinski definition) is 3. The Hall–Kier alpha value is -1.26. The predicted molar refractivity (Wildman–Crippen MR) is 81.1 cm³/mol. The predicted octanol–water partition coefficient (Wildman–Crippen LogP) is 2.45. The summed E-state index contributed by atoms with van der Waals surface area (Å²) in [5.74, 6) is 0.0828. The van der Waals surface area contributed by atoms with Gasteiger partial charge in [-0.1, -0.05) is 17.7 Å². The van der Waals surface area contributed by atoms with Crippen molar-refractivity contribution in [2.45, 2.75) is 32.4 Å². The lowest BCUT2D eigenvalue weighted by atomic mass is 9.96. The lowest BCUT2D eigenvalue weighted by Gasteiger charge is -2.46. The van der Waals surface area contributed by atoms with Crippen LogP contribution in [0, 0.1) is 0 Å². The molecule has 1 aliphatic rings. The van der Waals surface area contributed by atoms with Gasteiger partial charge >= 0.3 is 0 Å². The molecular weight excluding hydrogens is 276 g/mol. The van der Waals surface area contributed by atoms with Gasteiger partial charge in [0.2, 0.25) is 5.91 Å². The maximum atomic E-state index is 12.3. The lowest BCUT2D eigenvalue weighted by Crippen LogP contribution is -2.62. The molecular formula is C15H21ClN2O2. The van der Waals surface area contributed by atoms with Crippen molar-refractivity contribution in [3.63, 3.8) is 0 Å². The summed E-state index contributed by atoms with van der Waals surface area (Å²) in [5, 5.41) is 10.2. The summed E-state index contributed by atoms with van der Waals surface area (Å²) < 4.78 is 0. The third-order valence-electron chi connectivity index (χ3n) is 3.95. The zero-order valence-corrected chi connectivity index (χ0v) is 13.1. The maximum Gasteiger partial charge on any atom is 0.247 e. The fourth-order valence-electron chi connectivity index (χ4n) is 2.64. The summed E-state index contributed by atoms with van der Waals surface area (Å²) in [5.41, 5.74) is 0.989. The maximum absolute atomic E-state index is 12.3. The van der Waals surface area contributed by atoms with Crippen LogP contribution in [0.3, 0.4) is 0 Å². The monoisotopic (exact) mass is 296 g/mol. The molecule has 1 amide bonds. The number of benzene rings is 1. The number of hydrogen-bond donors (Lipinski definition) is 1. The second-order valence-electron chi connectivity index (χ2n) is 5.82. The van der Waals surface area contributed by atoms with Crippen LogP contribution < -0.4 is 4.90 Å². The molecule has 0 unspecified atom stereocenters. The number of anilines is 1. The zero-order valence-electron chi connectivity index (χ0n) is 12.4. The smallest absolute Gasteiger partial charge is 0.247 e. The summed E-state index contributed by atoms with van der Waals surface area (Å²) in [6, 6.07) is 5.50. The minimum Gasteiger partial charge on any atom is -0.389 e. The van der Waals surface area contributed by atoms with Crippen LogP contribution in [0.1, 0.15) is 32.4 Å². The molecule has 1 saturated heterocycles. The number of amides is 1. The van der Waals surface area contributed by atoms with Crippen molar-refractivity contribution >= 4 is 23.2 Å². The summed E-state index contributed by atoms with van der Waals surface area (Å²) >= 11 is 6.34. The second kappa shape index (κ2) is 5.26. The minimum atomic E-state index is -0.622. The molecule has 0 aliphatic carbocycles. The van der Waals surface area contributed by atoms with E-state index in [0.29, 0.717) is 11.6 Å². The highest BCUT2D eigenvalue weighted by atomic mass is 35.5. The van der Waals surface area contributed by atoms with Gasteiger partial charge in [0.1, 0.15) is 5.54 Å². The molecule has 0 spiro atoms. The first-order valence-electron chi connectivity index (χ1n) is 6.76. The molecule has 1 aliphatic heterocycles. The van der Waals surface area contributed by atoms with Gasteiger partial charge < -0.3 is 14.9 Å². The Morgan fingerprint density at radius 2 is 2.00 bits per heavy atom. The van der Waals surface area contributed by atoms with Crippen molar-refractivity contribution in [1.82, 2.24) is 4.90 Å². The third kappa shape index (κ3) is 2.50. The van der Waals surface area contributed by atoms with Gasteiger partial charge in [0.05, 0.1) is 16.8 Å². The quantitative estimate of drug-likeness (QED) is 0.912. The van der Waals surface area contributed by atoms with E-state index in [4.69, 9.17) is 11.6 Å². The lowest BCUT2D eigenvalue weighted by molar-refractivity contribution is -0.136. The Morgan fingerprint density at radius 3 is 2.55 bits per heavy atom. The van der Waals surface area contributed by atoms with Crippen LogP contribution >= 0.6 is 11.6 Å². The van der Waals surface area contributed by atoms with E-state index in [0.717, 1.165) is 17.8 Å². The van der Waals surface area contributed by atoms with Crippen LogP contribution in [0.25, 0.3) is 0 Å². The van der Waals surface area contributed by atoms with E-state index in [1.807, 2.05) is 37.9 Å². The van der Waals surface area contributed by atoms with Crippen molar-refractivity contribution in [1.29, 1.82) is 0 Å². The number of carbonyl (C=O) groups is 1. The molecule has 5 heteroatoms. The van der Waals surface area contributed by atoms with Gasteiger partial charge in [-0.2, -0.15) is 0 Å². The van der Waals surface area contributed by atoms with E-state index in [-0.39, 0.29) is 5.91 Å². The highest BCUT2D eigenvalue weighted by Crippen LogP contribution is 2.35. The van der Waals surface area contributed by atoms with E-state index in [1.54, 1.807) is 17.9 Å². The number of piperazine rings is 1. The highest BCUT2D eigenvalue weighted by molar-refractivity contribution is 6.33. The number of aliphatic hydroxyl groups is 1. The molecule has 1 heterocycles. The van der Waals surface area contributed by atoms with Crippen molar-refractivity contribution in [3.8, 4) is 0 Å².